The molecule has 2 aliphatic heterocycles. The highest BCUT2D eigenvalue weighted by Gasteiger charge is 2.59. The third-order valence-electron chi connectivity index (χ3n) is 9.36. The Kier molecular flexibility index (Phi) is 6.37. The van der Waals surface area contributed by atoms with Crippen molar-refractivity contribution in [1.29, 1.82) is 0 Å². The van der Waals surface area contributed by atoms with Gasteiger partial charge in [0, 0.05) is 37.5 Å². The minimum atomic E-state index is -1.18. The van der Waals surface area contributed by atoms with E-state index in [9.17, 15) is 19.8 Å². The van der Waals surface area contributed by atoms with Gasteiger partial charge < -0.3 is 20.0 Å². The van der Waals surface area contributed by atoms with E-state index in [2.05, 4.69) is 11.8 Å². The zero-order valence-corrected chi connectivity index (χ0v) is 21.5. The Labute approximate surface area is 209 Å². The molecule has 3 atom stereocenters. The molecule has 0 aromatic heterocycles. The fraction of sp³-hybridized carbons (Fsp3) is 0.714. The maximum Gasteiger partial charge on any atom is 0.326 e. The monoisotopic (exact) mass is 483 g/mol. The molecule has 2 heterocycles. The van der Waals surface area contributed by atoms with Crippen molar-refractivity contribution in [2.24, 2.45) is 11.8 Å². The van der Waals surface area contributed by atoms with Crippen LogP contribution in [-0.4, -0.2) is 81.7 Å². The molecule has 0 bridgehead atoms. The van der Waals surface area contributed by atoms with Gasteiger partial charge in [-0.05, 0) is 107 Å². The number of aryl methyl sites for hydroxylation is 1. The second kappa shape index (κ2) is 9.07. The summed E-state index contributed by atoms with van der Waals surface area (Å²) < 4.78 is 0. The van der Waals surface area contributed by atoms with Crippen molar-refractivity contribution in [1.82, 2.24) is 14.7 Å². The van der Waals surface area contributed by atoms with Crippen molar-refractivity contribution >= 4 is 11.9 Å². The highest BCUT2D eigenvalue weighted by Crippen LogP contribution is 2.52. The molecule has 0 spiro atoms. The quantitative estimate of drug-likeness (QED) is 0.668. The summed E-state index contributed by atoms with van der Waals surface area (Å²) in [6.45, 7) is 6.51. The number of amides is 3. The van der Waals surface area contributed by atoms with Crippen LogP contribution < -0.4 is 0 Å². The Bertz CT molecular complexity index is 990. The molecule has 2 N–H and O–H groups in total. The van der Waals surface area contributed by atoms with Crippen molar-refractivity contribution in [3.63, 3.8) is 0 Å². The maximum absolute atomic E-state index is 14.1. The van der Waals surface area contributed by atoms with Crippen LogP contribution in [0.15, 0.2) is 18.2 Å². The first-order chi connectivity index (χ1) is 16.6. The van der Waals surface area contributed by atoms with Crippen LogP contribution in [0.5, 0.6) is 5.75 Å². The number of fused-ring (bicyclic) bond motifs is 1. The Morgan fingerprint density at radius 2 is 1.71 bits per heavy atom. The van der Waals surface area contributed by atoms with Gasteiger partial charge in [0.1, 0.15) is 5.75 Å². The average Bonchev–Trinajstić information content (AvgIpc) is 3.74. The first kappa shape index (κ1) is 24.6. The van der Waals surface area contributed by atoms with Crippen LogP contribution in [0.3, 0.4) is 0 Å². The van der Waals surface area contributed by atoms with Crippen LogP contribution >= 0.6 is 0 Å². The lowest BCUT2D eigenvalue weighted by atomic mass is 9.56. The molecule has 2 saturated heterocycles. The second-order valence-corrected chi connectivity index (χ2v) is 11.8. The fourth-order valence-electron chi connectivity index (χ4n) is 6.61. The number of aliphatic hydroxyl groups is 1. The summed E-state index contributed by atoms with van der Waals surface area (Å²) in [6.07, 6.45) is 6.25. The summed E-state index contributed by atoms with van der Waals surface area (Å²) in [5.41, 5.74) is -0.259. The Hall–Kier alpha value is -2.12. The molecule has 0 unspecified atom stereocenters. The number of piperidine rings is 1. The number of aromatic hydroxyl groups is 1. The van der Waals surface area contributed by atoms with E-state index in [4.69, 9.17) is 0 Å². The lowest BCUT2D eigenvalue weighted by Gasteiger charge is -2.58. The SMILES string of the molecule is Cc1ccc(O)cc1[C@]12CCN(C)[C@H](C)[C@]1(O)CCCN(CC1CC1)C(=O)N(CC1CC1)C(=O)C2. The molecule has 192 valence electrons. The number of rotatable bonds is 5. The fourth-order valence-corrected chi connectivity index (χ4v) is 6.61. The van der Waals surface area contributed by atoms with Gasteiger partial charge in [0.05, 0.1) is 5.60 Å². The van der Waals surface area contributed by atoms with Gasteiger partial charge in [0.15, 0.2) is 0 Å². The smallest absolute Gasteiger partial charge is 0.326 e. The van der Waals surface area contributed by atoms with E-state index in [1.807, 2.05) is 24.9 Å². The molecule has 4 aliphatic rings. The number of hydrogen-bond acceptors (Lipinski definition) is 5. The zero-order chi connectivity index (χ0) is 25.0. The number of hydrogen-bond donors (Lipinski definition) is 2. The van der Waals surface area contributed by atoms with Crippen molar-refractivity contribution in [2.45, 2.75) is 82.3 Å². The number of phenolic OH excluding ortho intramolecular Hbond substituents is 1. The summed E-state index contributed by atoms with van der Waals surface area (Å²) in [7, 11) is 2.03. The highest BCUT2D eigenvalue weighted by atomic mass is 16.3. The first-order valence-electron chi connectivity index (χ1n) is 13.5. The van der Waals surface area contributed by atoms with Crippen molar-refractivity contribution in [3.8, 4) is 5.75 Å². The lowest BCUT2D eigenvalue weighted by molar-refractivity contribution is -0.154. The van der Waals surface area contributed by atoms with Crippen LogP contribution in [0.4, 0.5) is 4.79 Å². The predicted octanol–water partition coefficient (Wildman–Crippen LogP) is 3.65. The molecule has 2 aliphatic carbocycles. The number of benzene rings is 1. The topological polar surface area (TPSA) is 84.3 Å². The molecule has 7 nitrogen and oxygen atoms in total. The Morgan fingerprint density at radius 1 is 1.03 bits per heavy atom. The van der Waals surface area contributed by atoms with Crippen molar-refractivity contribution in [2.75, 3.05) is 33.2 Å². The molecule has 5 rings (SSSR count). The van der Waals surface area contributed by atoms with Gasteiger partial charge in [-0.2, -0.15) is 0 Å². The van der Waals surface area contributed by atoms with Gasteiger partial charge in [-0.3, -0.25) is 9.69 Å². The summed E-state index contributed by atoms with van der Waals surface area (Å²) >= 11 is 0. The van der Waals surface area contributed by atoms with E-state index < -0.39 is 11.0 Å². The number of likely N-dealkylation sites (tertiary alicyclic amines) is 1. The molecule has 1 aromatic rings. The van der Waals surface area contributed by atoms with Crippen molar-refractivity contribution in [3.05, 3.63) is 29.3 Å². The third-order valence-corrected chi connectivity index (χ3v) is 9.36. The molecule has 3 amide bonds. The van der Waals surface area contributed by atoms with E-state index in [0.29, 0.717) is 50.7 Å². The molecular weight excluding hydrogens is 442 g/mol. The summed E-state index contributed by atoms with van der Waals surface area (Å²) in [5.74, 6) is 0.876. The van der Waals surface area contributed by atoms with Crippen LogP contribution in [0.1, 0.15) is 69.4 Å². The van der Waals surface area contributed by atoms with Gasteiger partial charge in [0.2, 0.25) is 5.91 Å². The molecule has 1 aromatic carbocycles. The van der Waals surface area contributed by atoms with E-state index >= 15 is 0 Å². The standard InChI is InChI=1S/C28H41N3O4/c1-19-5-10-23(32)15-24(19)27-12-14-29(3)20(2)28(27,35)11-4-13-30(17-21-6-7-21)26(34)31(25(33)16-27)18-22-8-9-22/h5,10,15,20-22,32,35H,4,6-9,11-14,16-18H2,1-3H3/t20-,27-,28-/m1/s1. The van der Waals surface area contributed by atoms with Gasteiger partial charge in [-0.25, -0.2) is 4.79 Å². The molecule has 4 fully saturated rings. The average molecular weight is 484 g/mol. The van der Waals surface area contributed by atoms with Crippen LogP contribution in [0.2, 0.25) is 0 Å². The maximum atomic E-state index is 14.1. The van der Waals surface area contributed by atoms with Gasteiger partial charge in [-0.1, -0.05) is 6.07 Å². The van der Waals surface area contributed by atoms with Crippen LogP contribution in [0, 0.1) is 18.8 Å². The number of nitrogens with zero attached hydrogens (tertiary/aromatic N) is 3. The summed E-state index contributed by atoms with van der Waals surface area (Å²) in [5, 5.41) is 23.1. The molecule has 0 radical (unpaired) electrons. The van der Waals surface area contributed by atoms with Crippen molar-refractivity contribution < 1.29 is 19.8 Å². The highest BCUT2D eigenvalue weighted by molar-refractivity contribution is 5.95. The van der Waals surface area contributed by atoms with Gasteiger partial charge in [-0.15, -0.1) is 0 Å². The van der Waals surface area contributed by atoms with E-state index in [0.717, 1.165) is 43.4 Å². The van der Waals surface area contributed by atoms with Crippen LogP contribution in [0.25, 0.3) is 0 Å². The van der Waals surface area contributed by atoms with Crippen LogP contribution in [-0.2, 0) is 10.2 Å². The third kappa shape index (κ3) is 4.46. The summed E-state index contributed by atoms with van der Waals surface area (Å²) in [4.78, 5) is 33.4. The first-order valence-corrected chi connectivity index (χ1v) is 13.5. The molecule has 7 heteroatoms. The summed E-state index contributed by atoms with van der Waals surface area (Å²) in [6, 6.07) is 4.95. The van der Waals surface area contributed by atoms with Gasteiger partial charge >= 0.3 is 6.03 Å². The zero-order valence-electron chi connectivity index (χ0n) is 21.5. The largest absolute Gasteiger partial charge is 0.508 e. The van der Waals surface area contributed by atoms with E-state index in [1.54, 1.807) is 12.1 Å². The lowest BCUT2D eigenvalue weighted by Crippen LogP contribution is -2.68. The molecule has 35 heavy (non-hydrogen) atoms. The predicted molar refractivity (Wildman–Crippen MR) is 134 cm³/mol. The molecular formula is C28H41N3O4. The normalized spacial score (nSPS) is 33.1. The van der Waals surface area contributed by atoms with E-state index in [-0.39, 0.29) is 30.2 Å². The number of phenols is 1. The molecule has 2 saturated carbocycles. The minimum absolute atomic E-state index is 0.0711. The number of imide groups is 1. The number of likely N-dealkylation sites (N-methyl/N-ethyl adjacent to an activating group) is 1. The second-order valence-electron chi connectivity index (χ2n) is 11.8. The Morgan fingerprint density at radius 3 is 2.40 bits per heavy atom. The number of carbonyl (C=O) groups is 2. The van der Waals surface area contributed by atoms with Gasteiger partial charge in [0.25, 0.3) is 0 Å². The van der Waals surface area contributed by atoms with E-state index in [1.165, 1.54) is 4.90 Å². The number of urea groups is 1. The Balaban J connectivity index is 1.60. The number of carbonyl (C=O) groups excluding carboxylic acids is 2. The minimum Gasteiger partial charge on any atom is -0.508 e.